The Morgan fingerprint density at radius 1 is 0.574 bits per heavy atom. The minimum Gasteiger partial charge on any atom is -0.308 e. The SMILES string of the molecule is C[Si]1(C)c2ccccc2-c2c(-c3ccccc3)nc(-c3ccccc3-n3c4ccccc4c4ccc5sc6ccccc6c5c43)nc21. The topological polar surface area (TPSA) is 30.7 Å². The van der Waals surface area contributed by atoms with E-state index in [9.17, 15) is 0 Å². The van der Waals surface area contributed by atoms with E-state index in [2.05, 4.69) is 157 Å². The van der Waals surface area contributed by atoms with Crippen LogP contribution in [0.5, 0.6) is 0 Å². The van der Waals surface area contributed by atoms with Gasteiger partial charge in [-0.1, -0.05) is 122 Å². The van der Waals surface area contributed by atoms with Crippen LogP contribution in [0.2, 0.25) is 13.1 Å². The maximum absolute atomic E-state index is 5.55. The van der Waals surface area contributed by atoms with Crippen molar-refractivity contribution in [1.82, 2.24) is 14.5 Å². The third kappa shape index (κ3) is 3.72. The van der Waals surface area contributed by atoms with Gasteiger partial charge in [0.2, 0.25) is 0 Å². The normalized spacial score (nSPS) is 13.5. The molecule has 10 rings (SSSR count). The van der Waals surface area contributed by atoms with Crippen molar-refractivity contribution < 1.29 is 0 Å². The van der Waals surface area contributed by atoms with Crippen LogP contribution in [0.1, 0.15) is 0 Å². The molecular weight excluding hydrogens is 607 g/mol. The van der Waals surface area contributed by atoms with Crippen LogP contribution in [0.3, 0.4) is 0 Å². The Hall–Kier alpha value is -5.36. The molecule has 0 atom stereocenters. The third-order valence-electron chi connectivity index (χ3n) is 9.98. The summed E-state index contributed by atoms with van der Waals surface area (Å²) < 4.78 is 5.07. The minimum absolute atomic E-state index is 0.778. The van der Waals surface area contributed by atoms with Crippen molar-refractivity contribution in [1.29, 1.82) is 0 Å². The molecule has 6 aromatic carbocycles. The second kappa shape index (κ2) is 9.82. The van der Waals surface area contributed by atoms with Crippen molar-refractivity contribution in [3.05, 3.63) is 140 Å². The third-order valence-corrected chi connectivity index (χ3v) is 14.4. The van der Waals surface area contributed by atoms with Crippen LogP contribution < -0.4 is 10.5 Å². The van der Waals surface area contributed by atoms with Crippen molar-refractivity contribution in [2.45, 2.75) is 13.1 Å². The maximum Gasteiger partial charge on any atom is 0.161 e. The van der Waals surface area contributed by atoms with E-state index in [0.717, 1.165) is 28.3 Å². The van der Waals surface area contributed by atoms with Gasteiger partial charge < -0.3 is 4.57 Å². The van der Waals surface area contributed by atoms with Crippen LogP contribution in [-0.2, 0) is 0 Å². The van der Waals surface area contributed by atoms with Gasteiger partial charge in [0, 0.05) is 53.0 Å². The summed E-state index contributed by atoms with van der Waals surface area (Å²) in [6, 6.07) is 50.4. The second-order valence-corrected chi connectivity index (χ2v) is 18.3. The maximum atomic E-state index is 5.55. The van der Waals surface area contributed by atoms with Crippen molar-refractivity contribution >= 4 is 71.9 Å². The Kier molecular flexibility index (Phi) is 5.60. The molecule has 5 heteroatoms. The number of para-hydroxylation sites is 2. The molecule has 0 aliphatic carbocycles. The summed E-state index contributed by atoms with van der Waals surface area (Å²) >= 11 is 1.86. The Morgan fingerprint density at radius 3 is 2.15 bits per heavy atom. The number of fused-ring (bicyclic) bond motifs is 10. The number of hydrogen-bond donors (Lipinski definition) is 0. The van der Waals surface area contributed by atoms with E-state index >= 15 is 0 Å². The van der Waals surface area contributed by atoms with Crippen LogP contribution in [0.4, 0.5) is 0 Å². The molecule has 4 heterocycles. The summed E-state index contributed by atoms with van der Waals surface area (Å²) in [5.74, 6) is 0.778. The Balaban J connectivity index is 1.32. The van der Waals surface area contributed by atoms with E-state index in [1.807, 2.05) is 11.3 Å². The van der Waals surface area contributed by atoms with Crippen LogP contribution in [-0.4, -0.2) is 22.6 Å². The van der Waals surface area contributed by atoms with E-state index in [-0.39, 0.29) is 0 Å². The molecule has 0 unspecified atom stereocenters. The van der Waals surface area contributed by atoms with Crippen LogP contribution in [0, 0.1) is 0 Å². The molecule has 0 radical (unpaired) electrons. The highest BCUT2D eigenvalue weighted by Crippen LogP contribution is 2.44. The highest BCUT2D eigenvalue weighted by atomic mass is 32.1. The molecule has 1 aliphatic heterocycles. The number of nitrogens with zero attached hydrogens (tertiary/aromatic N) is 3. The molecule has 3 nitrogen and oxygen atoms in total. The largest absolute Gasteiger partial charge is 0.308 e. The molecule has 0 bridgehead atoms. The van der Waals surface area contributed by atoms with E-state index < -0.39 is 8.07 Å². The standard InChI is InChI=1S/C42H29N3SSi/c1-47(2)36-23-13-9-19-31(36)38-39(26-14-4-3-5-15-26)43-41(44-42(38)47)29-17-7-11-21-33(29)45-32-20-10-6-16-27(32)28-24-25-35-37(40(28)45)30-18-8-12-22-34(30)46-35/h3-25H,1-2H3. The van der Waals surface area contributed by atoms with Gasteiger partial charge in [0.15, 0.2) is 5.82 Å². The highest BCUT2D eigenvalue weighted by Gasteiger charge is 2.41. The first-order valence-electron chi connectivity index (χ1n) is 16.1. The summed E-state index contributed by atoms with van der Waals surface area (Å²) in [6.07, 6.45) is 0. The summed E-state index contributed by atoms with van der Waals surface area (Å²) in [6.45, 7) is 4.86. The lowest BCUT2D eigenvalue weighted by atomic mass is 10.0. The van der Waals surface area contributed by atoms with E-state index in [1.54, 1.807) is 0 Å². The summed E-state index contributed by atoms with van der Waals surface area (Å²) in [4.78, 5) is 11.0. The number of rotatable bonds is 3. The van der Waals surface area contributed by atoms with Gasteiger partial charge in [-0.2, -0.15) is 0 Å². The quantitative estimate of drug-likeness (QED) is 0.181. The van der Waals surface area contributed by atoms with E-state index in [0.29, 0.717) is 0 Å². The first-order chi connectivity index (χ1) is 23.1. The predicted octanol–water partition coefficient (Wildman–Crippen LogP) is 10.1. The molecule has 0 saturated heterocycles. The predicted molar refractivity (Wildman–Crippen MR) is 202 cm³/mol. The van der Waals surface area contributed by atoms with Gasteiger partial charge in [0.1, 0.15) is 8.07 Å². The Morgan fingerprint density at radius 2 is 1.28 bits per heavy atom. The monoisotopic (exact) mass is 635 g/mol. The second-order valence-electron chi connectivity index (χ2n) is 13.0. The molecule has 47 heavy (non-hydrogen) atoms. The molecular formula is C42H29N3SSi. The highest BCUT2D eigenvalue weighted by molar-refractivity contribution is 7.26. The lowest BCUT2D eigenvalue weighted by molar-refractivity contribution is 1.15. The minimum atomic E-state index is -2.10. The molecule has 1 aliphatic rings. The Bertz CT molecular complexity index is 2720. The van der Waals surface area contributed by atoms with Gasteiger partial charge in [-0.3, -0.25) is 0 Å². The molecule has 0 saturated carbocycles. The zero-order valence-corrected chi connectivity index (χ0v) is 27.8. The van der Waals surface area contributed by atoms with Gasteiger partial charge in [0.25, 0.3) is 0 Å². The van der Waals surface area contributed by atoms with E-state index in [4.69, 9.17) is 9.97 Å². The number of hydrogen-bond acceptors (Lipinski definition) is 3. The fraction of sp³-hybridized carbons (Fsp3) is 0.0476. The lowest BCUT2D eigenvalue weighted by Gasteiger charge is -2.20. The average molecular weight is 636 g/mol. The fourth-order valence-corrected chi connectivity index (χ4v) is 11.9. The summed E-state index contributed by atoms with van der Waals surface area (Å²) in [5, 5.41) is 7.75. The van der Waals surface area contributed by atoms with Crippen molar-refractivity contribution in [2.24, 2.45) is 0 Å². The number of thiophene rings is 1. The molecule has 3 aromatic heterocycles. The molecule has 0 spiro atoms. The summed E-state index contributed by atoms with van der Waals surface area (Å²) in [7, 11) is -2.10. The molecule has 9 aromatic rings. The zero-order valence-electron chi connectivity index (χ0n) is 26.0. The van der Waals surface area contributed by atoms with Gasteiger partial charge in [-0.25, -0.2) is 9.97 Å². The van der Waals surface area contributed by atoms with Gasteiger partial charge in [-0.05, 0) is 41.1 Å². The van der Waals surface area contributed by atoms with E-state index in [1.165, 1.54) is 63.6 Å². The summed E-state index contributed by atoms with van der Waals surface area (Å²) in [5.41, 5.74) is 9.17. The molecule has 0 N–H and O–H groups in total. The van der Waals surface area contributed by atoms with Crippen LogP contribution in [0.25, 0.3) is 81.4 Å². The lowest BCUT2D eigenvalue weighted by Crippen LogP contribution is -2.50. The van der Waals surface area contributed by atoms with Crippen LogP contribution in [0.15, 0.2) is 140 Å². The van der Waals surface area contributed by atoms with Gasteiger partial charge in [-0.15, -0.1) is 11.3 Å². The van der Waals surface area contributed by atoms with Crippen molar-refractivity contribution in [2.75, 3.05) is 0 Å². The number of aromatic nitrogens is 3. The van der Waals surface area contributed by atoms with Gasteiger partial charge >= 0.3 is 0 Å². The number of benzene rings is 6. The van der Waals surface area contributed by atoms with Crippen molar-refractivity contribution in [3.63, 3.8) is 0 Å². The smallest absolute Gasteiger partial charge is 0.161 e. The molecule has 222 valence electrons. The van der Waals surface area contributed by atoms with Crippen LogP contribution >= 0.6 is 11.3 Å². The fourth-order valence-electron chi connectivity index (χ4n) is 7.84. The molecule has 0 amide bonds. The first kappa shape index (κ1) is 26.8. The molecule has 0 fully saturated rings. The van der Waals surface area contributed by atoms with Gasteiger partial charge in [0.05, 0.1) is 22.4 Å². The first-order valence-corrected chi connectivity index (χ1v) is 19.9. The average Bonchev–Trinajstić information content (AvgIpc) is 3.74. The Labute approximate surface area is 277 Å². The zero-order chi connectivity index (χ0) is 31.3. The van der Waals surface area contributed by atoms with Crippen molar-refractivity contribution in [3.8, 4) is 39.5 Å².